The van der Waals surface area contributed by atoms with Crippen molar-refractivity contribution in [3.63, 3.8) is 0 Å². The lowest BCUT2D eigenvalue weighted by atomic mass is 9.88. The summed E-state index contributed by atoms with van der Waals surface area (Å²) in [5.74, 6) is 1.66. The van der Waals surface area contributed by atoms with Gasteiger partial charge in [-0.15, -0.1) is 0 Å². The van der Waals surface area contributed by atoms with Gasteiger partial charge in [-0.3, -0.25) is 0 Å². The van der Waals surface area contributed by atoms with Crippen LogP contribution in [0, 0.1) is 11.8 Å². The van der Waals surface area contributed by atoms with Gasteiger partial charge in [-0.05, 0) is 57.9 Å². The number of nitrogens with one attached hydrogen (secondary N) is 1. The Morgan fingerprint density at radius 1 is 1.00 bits per heavy atom. The lowest BCUT2D eigenvalue weighted by Gasteiger charge is -2.26. The predicted molar refractivity (Wildman–Crippen MR) is 72.2 cm³/mol. The minimum atomic E-state index is 0.385. The topological polar surface area (TPSA) is 21.3 Å². The van der Waals surface area contributed by atoms with Crippen LogP contribution < -0.4 is 5.32 Å². The highest BCUT2D eigenvalue weighted by Gasteiger charge is 2.27. The first-order valence-corrected chi connectivity index (χ1v) is 7.60. The number of hydrogen-bond acceptors (Lipinski definition) is 2. The Bertz CT molecular complexity index is 199. The maximum absolute atomic E-state index is 5.86. The van der Waals surface area contributed by atoms with Crippen molar-refractivity contribution >= 4 is 0 Å². The summed E-state index contributed by atoms with van der Waals surface area (Å²) in [6.45, 7) is 6.51. The maximum atomic E-state index is 5.86. The lowest BCUT2D eigenvalue weighted by Crippen LogP contribution is -2.31. The third-order valence-corrected chi connectivity index (χ3v) is 4.21. The molecule has 0 heterocycles. The van der Waals surface area contributed by atoms with Crippen molar-refractivity contribution in [2.75, 3.05) is 13.2 Å². The molecule has 2 aliphatic rings. The van der Waals surface area contributed by atoms with E-state index in [2.05, 4.69) is 19.2 Å². The SMILES string of the molecule is CC(C)OCC1CCCCCC1CNC1CC1. The van der Waals surface area contributed by atoms with Gasteiger partial charge < -0.3 is 10.1 Å². The zero-order valence-electron chi connectivity index (χ0n) is 11.6. The van der Waals surface area contributed by atoms with Crippen LogP contribution in [-0.4, -0.2) is 25.3 Å². The maximum Gasteiger partial charge on any atom is 0.0519 e. The van der Waals surface area contributed by atoms with Crippen LogP contribution in [0.15, 0.2) is 0 Å². The molecule has 0 radical (unpaired) electrons. The van der Waals surface area contributed by atoms with Gasteiger partial charge in [0.25, 0.3) is 0 Å². The fourth-order valence-corrected chi connectivity index (χ4v) is 2.87. The van der Waals surface area contributed by atoms with Gasteiger partial charge in [-0.2, -0.15) is 0 Å². The summed E-state index contributed by atoms with van der Waals surface area (Å²) < 4.78 is 5.86. The summed E-state index contributed by atoms with van der Waals surface area (Å²) in [7, 11) is 0. The van der Waals surface area contributed by atoms with E-state index >= 15 is 0 Å². The molecule has 0 aromatic rings. The largest absolute Gasteiger partial charge is 0.378 e. The van der Waals surface area contributed by atoms with E-state index in [1.807, 2.05) is 0 Å². The molecule has 0 saturated heterocycles. The second-order valence-corrected chi connectivity index (χ2v) is 6.22. The molecule has 2 unspecified atom stereocenters. The van der Waals surface area contributed by atoms with Gasteiger partial charge in [0.1, 0.15) is 0 Å². The molecule has 2 fully saturated rings. The quantitative estimate of drug-likeness (QED) is 0.718. The van der Waals surface area contributed by atoms with Gasteiger partial charge in [0, 0.05) is 6.04 Å². The minimum absolute atomic E-state index is 0.385. The first kappa shape index (κ1) is 13.4. The Labute approximate surface area is 107 Å². The van der Waals surface area contributed by atoms with E-state index in [9.17, 15) is 0 Å². The Balaban J connectivity index is 1.77. The molecule has 2 saturated carbocycles. The first-order valence-electron chi connectivity index (χ1n) is 7.60. The smallest absolute Gasteiger partial charge is 0.0519 e. The fraction of sp³-hybridized carbons (Fsp3) is 1.00. The van der Waals surface area contributed by atoms with Crippen molar-refractivity contribution in [3.05, 3.63) is 0 Å². The normalized spacial score (nSPS) is 30.5. The molecule has 0 aromatic carbocycles. The van der Waals surface area contributed by atoms with Crippen LogP contribution >= 0.6 is 0 Å². The van der Waals surface area contributed by atoms with Crippen molar-refractivity contribution in [2.24, 2.45) is 11.8 Å². The van der Waals surface area contributed by atoms with Crippen LogP contribution in [0.3, 0.4) is 0 Å². The Kier molecular flexibility index (Phi) is 5.30. The fourth-order valence-electron chi connectivity index (χ4n) is 2.87. The van der Waals surface area contributed by atoms with E-state index < -0.39 is 0 Å². The molecule has 0 amide bonds. The molecule has 0 spiro atoms. The van der Waals surface area contributed by atoms with Crippen molar-refractivity contribution in [1.82, 2.24) is 5.32 Å². The average molecular weight is 239 g/mol. The average Bonchev–Trinajstić information content (AvgIpc) is 3.11. The zero-order valence-corrected chi connectivity index (χ0v) is 11.6. The van der Waals surface area contributed by atoms with E-state index in [1.54, 1.807) is 0 Å². The highest BCUT2D eigenvalue weighted by molar-refractivity contribution is 4.84. The Morgan fingerprint density at radius 2 is 1.71 bits per heavy atom. The summed E-state index contributed by atoms with van der Waals surface area (Å²) >= 11 is 0. The summed E-state index contributed by atoms with van der Waals surface area (Å²) in [4.78, 5) is 0. The summed E-state index contributed by atoms with van der Waals surface area (Å²) in [6.07, 6.45) is 10.2. The van der Waals surface area contributed by atoms with Gasteiger partial charge in [0.2, 0.25) is 0 Å². The van der Waals surface area contributed by atoms with Crippen LogP contribution in [-0.2, 0) is 4.74 Å². The Hall–Kier alpha value is -0.0800. The molecule has 2 aliphatic carbocycles. The third-order valence-electron chi connectivity index (χ3n) is 4.21. The van der Waals surface area contributed by atoms with E-state index in [1.165, 1.54) is 51.5 Å². The van der Waals surface area contributed by atoms with Gasteiger partial charge >= 0.3 is 0 Å². The predicted octanol–water partition coefficient (Wildman–Crippen LogP) is 3.36. The molecule has 17 heavy (non-hydrogen) atoms. The molecule has 100 valence electrons. The van der Waals surface area contributed by atoms with E-state index in [0.717, 1.165) is 24.5 Å². The molecule has 1 N–H and O–H groups in total. The molecule has 2 rings (SSSR count). The van der Waals surface area contributed by atoms with Crippen molar-refractivity contribution in [1.29, 1.82) is 0 Å². The number of hydrogen-bond donors (Lipinski definition) is 1. The van der Waals surface area contributed by atoms with Crippen LogP contribution in [0.25, 0.3) is 0 Å². The van der Waals surface area contributed by atoms with Gasteiger partial charge in [0.15, 0.2) is 0 Å². The summed E-state index contributed by atoms with van der Waals surface area (Å²) in [5, 5.41) is 3.72. The molecule has 0 aliphatic heterocycles. The van der Waals surface area contributed by atoms with Gasteiger partial charge in [0.05, 0.1) is 12.7 Å². The van der Waals surface area contributed by atoms with E-state index in [4.69, 9.17) is 4.74 Å². The number of rotatable bonds is 6. The highest BCUT2D eigenvalue weighted by Crippen LogP contribution is 2.30. The summed E-state index contributed by atoms with van der Waals surface area (Å²) in [6, 6.07) is 0.852. The van der Waals surface area contributed by atoms with Crippen LogP contribution in [0.5, 0.6) is 0 Å². The molecule has 0 bridgehead atoms. The lowest BCUT2D eigenvalue weighted by molar-refractivity contribution is 0.0322. The minimum Gasteiger partial charge on any atom is -0.378 e. The van der Waals surface area contributed by atoms with Crippen LogP contribution in [0.1, 0.15) is 58.8 Å². The number of ether oxygens (including phenoxy) is 1. The van der Waals surface area contributed by atoms with E-state index in [-0.39, 0.29) is 0 Å². The van der Waals surface area contributed by atoms with Crippen molar-refractivity contribution in [2.45, 2.75) is 70.9 Å². The second-order valence-electron chi connectivity index (χ2n) is 6.22. The van der Waals surface area contributed by atoms with Crippen molar-refractivity contribution < 1.29 is 4.74 Å². The molecular formula is C15H29NO. The molecule has 2 heteroatoms. The standard InChI is InChI=1S/C15H29NO/c1-12(2)17-11-14-7-5-3-4-6-13(14)10-16-15-8-9-15/h12-16H,3-11H2,1-2H3. The van der Waals surface area contributed by atoms with Crippen LogP contribution in [0.4, 0.5) is 0 Å². The van der Waals surface area contributed by atoms with Crippen molar-refractivity contribution in [3.8, 4) is 0 Å². The molecular weight excluding hydrogens is 210 g/mol. The molecule has 2 atom stereocenters. The monoisotopic (exact) mass is 239 g/mol. The molecule has 2 nitrogen and oxygen atoms in total. The van der Waals surface area contributed by atoms with E-state index in [0.29, 0.717) is 6.10 Å². The third kappa shape index (κ3) is 4.97. The molecule has 0 aromatic heterocycles. The second kappa shape index (κ2) is 6.75. The Morgan fingerprint density at radius 3 is 2.35 bits per heavy atom. The highest BCUT2D eigenvalue weighted by atomic mass is 16.5. The van der Waals surface area contributed by atoms with Gasteiger partial charge in [-0.1, -0.05) is 19.3 Å². The first-order chi connectivity index (χ1) is 8.25. The van der Waals surface area contributed by atoms with Gasteiger partial charge in [-0.25, -0.2) is 0 Å². The summed E-state index contributed by atoms with van der Waals surface area (Å²) in [5.41, 5.74) is 0. The zero-order chi connectivity index (χ0) is 12.1. The van der Waals surface area contributed by atoms with Crippen LogP contribution in [0.2, 0.25) is 0 Å².